The topological polar surface area (TPSA) is 51.0 Å². The van der Waals surface area contributed by atoms with Gasteiger partial charge in [-0.1, -0.05) is 0 Å². The summed E-state index contributed by atoms with van der Waals surface area (Å²) >= 11 is 0. The number of anilines is 1. The number of halogens is 1. The molecule has 0 bridgehead atoms. The molecule has 0 saturated heterocycles. The molecule has 1 aromatic carbocycles. The van der Waals surface area contributed by atoms with E-state index in [9.17, 15) is 4.39 Å². The molecule has 2 aromatic rings. The fraction of sp³-hybridized carbons (Fsp3) is 0.0909. The summed E-state index contributed by atoms with van der Waals surface area (Å²) in [6.45, 7) is 0.348. The summed E-state index contributed by atoms with van der Waals surface area (Å²) in [6, 6.07) is 7.82. The molecule has 4 heteroatoms. The second-order valence-electron chi connectivity index (χ2n) is 3.17. The predicted octanol–water partition coefficient (Wildman–Crippen LogP) is 2.31. The van der Waals surface area contributed by atoms with Gasteiger partial charge >= 0.3 is 0 Å². The van der Waals surface area contributed by atoms with Crippen LogP contribution in [0.1, 0.15) is 5.69 Å². The SMILES string of the molecule is Nc1ccc(F)cc1OCc1ccc[nH]1. The number of ether oxygens (including phenoxy) is 1. The maximum absolute atomic E-state index is 12.9. The standard InChI is InChI=1S/C11H11FN2O/c12-8-3-4-10(13)11(6-8)15-7-9-2-1-5-14-9/h1-6,14H,7,13H2. The highest BCUT2D eigenvalue weighted by atomic mass is 19.1. The highest BCUT2D eigenvalue weighted by Crippen LogP contribution is 2.22. The molecular formula is C11H11FN2O. The van der Waals surface area contributed by atoms with Gasteiger partial charge in [-0.2, -0.15) is 0 Å². The van der Waals surface area contributed by atoms with Crippen LogP contribution in [-0.4, -0.2) is 4.98 Å². The molecule has 0 saturated carbocycles. The Morgan fingerprint density at radius 1 is 1.33 bits per heavy atom. The molecule has 0 unspecified atom stereocenters. The first-order chi connectivity index (χ1) is 7.25. The number of rotatable bonds is 3. The van der Waals surface area contributed by atoms with Crippen LogP contribution in [0, 0.1) is 5.82 Å². The Morgan fingerprint density at radius 3 is 2.93 bits per heavy atom. The Bertz CT molecular complexity index is 440. The number of nitrogens with two attached hydrogens (primary N) is 1. The van der Waals surface area contributed by atoms with E-state index >= 15 is 0 Å². The smallest absolute Gasteiger partial charge is 0.145 e. The number of hydrogen-bond donors (Lipinski definition) is 2. The summed E-state index contributed by atoms with van der Waals surface area (Å²) in [6.07, 6.45) is 1.80. The van der Waals surface area contributed by atoms with E-state index in [0.717, 1.165) is 5.69 Å². The molecule has 2 rings (SSSR count). The minimum atomic E-state index is -0.356. The first kappa shape index (κ1) is 9.58. The minimum Gasteiger partial charge on any atom is -0.485 e. The summed E-state index contributed by atoms with van der Waals surface area (Å²) in [7, 11) is 0. The zero-order valence-electron chi connectivity index (χ0n) is 8.03. The van der Waals surface area contributed by atoms with Crippen molar-refractivity contribution in [3.05, 3.63) is 48.0 Å². The van der Waals surface area contributed by atoms with Gasteiger partial charge in [0.15, 0.2) is 0 Å². The molecule has 0 fully saturated rings. The highest BCUT2D eigenvalue weighted by Gasteiger charge is 2.02. The third kappa shape index (κ3) is 2.28. The van der Waals surface area contributed by atoms with Crippen molar-refractivity contribution in [2.75, 3.05) is 5.73 Å². The molecule has 0 atom stereocenters. The van der Waals surface area contributed by atoms with Crippen molar-refractivity contribution in [2.45, 2.75) is 6.61 Å². The summed E-state index contributed by atoms with van der Waals surface area (Å²) < 4.78 is 18.2. The molecule has 15 heavy (non-hydrogen) atoms. The number of benzene rings is 1. The fourth-order valence-corrected chi connectivity index (χ4v) is 1.25. The van der Waals surface area contributed by atoms with Crippen molar-refractivity contribution in [2.24, 2.45) is 0 Å². The van der Waals surface area contributed by atoms with Crippen LogP contribution in [0.25, 0.3) is 0 Å². The lowest BCUT2D eigenvalue weighted by molar-refractivity contribution is 0.302. The van der Waals surface area contributed by atoms with Crippen LogP contribution in [-0.2, 0) is 6.61 Å². The van der Waals surface area contributed by atoms with Gasteiger partial charge in [-0.15, -0.1) is 0 Å². The highest BCUT2D eigenvalue weighted by molar-refractivity contribution is 5.52. The third-order valence-corrected chi connectivity index (χ3v) is 2.02. The van der Waals surface area contributed by atoms with Crippen LogP contribution in [0.3, 0.4) is 0 Å². The average Bonchev–Trinajstić information content (AvgIpc) is 2.72. The predicted molar refractivity (Wildman–Crippen MR) is 55.9 cm³/mol. The Hall–Kier alpha value is -1.97. The van der Waals surface area contributed by atoms with Gasteiger partial charge in [-0.25, -0.2) is 4.39 Å². The van der Waals surface area contributed by atoms with Gasteiger partial charge in [0.25, 0.3) is 0 Å². The quantitative estimate of drug-likeness (QED) is 0.757. The number of nitrogens with one attached hydrogen (secondary N) is 1. The minimum absolute atomic E-state index is 0.348. The van der Waals surface area contributed by atoms with Crippen molar-refractivity contribution in [1.82, 2.24) is 4.98 Å². The largest absolute Gasteiger partial charge is 0.485 e. The van der Waals surface area contributed by atoms with Gasteiger partial charge in [0.05, 0.1) is 11.4 Å². The zero-order chi connectivity index (χ0) is 10.7. The number of nitrogen functional groups attached to an aromatic ring is 1. The van der Waals surface area contributed by atoms with Crippen molar-refractivity contribution < 1.29 is 9.13 Å². The van der Waals surface area contributed by atoms with Crippen molar-refractivity contribution in [3.8, 4) is 5.75 Å². The molecule has 0 aliphatic carbocycles. The van der Waals surface area contributed by atoms with Gasteiger partial charge in [0.2, 0.25) is 0 Å². The summed E-state index contributed by atoms with van der Waals surface area (Å²) in [4.78, 5) is 2.98. The summed E-state index contributed by atoms with van der Waals surface area (Å²) in [5, 5.41) is 0. The van der Waals surface area contributed by atoms with Gasteiger partial charge in [0, 0.05) is 12.3 Å². The number of H-pyrrole nitrogens is 1. The van der Waals surface area contributed by atoms with Gasteiger partial charge in [0.1, 0.15) is 18.2 Å². The van der Waals surface area contributed by atoms with Gasteiger partial charge in [-0.3, -0.25) is 0 Å². The van der Waals surface area contributed by atoms with Crippen LogP contribution in [0.4, 0.5) is 10.1 Å². The lowest BCUT2D eigenvalue weighted by Gasteiger charge is -2.07. The monoisotopic (exact) mass is 206 g/mol. The molecule has 0 amide bonds. The van der Waals surface area contributed by atoms with Crippen LogP contribution in [0.5, 0.6) is 5.75 Å². The number of hydrogen-bond acceptors (Lipinski definition) is 2. The van der Waals surface area contributed by atoms with Crippen LogP contribution >= 0.6 is 0 Å². The fourth-order valence-electron chi connectivity index (χ4n) is 1.25. The molecule has 0 aliphatic heterocycles. The molecule has 0 spiro atoms. The van der Waals surface area contributed by atoms with E-state index in [1.807, 2.05) is 12.1 Å². The third-order valence-electron chi connectivity index (χ3n) is 2.02. The molecule has 3 N–H and O–H groups in total. The Balaban J connectivity index is 2.07. The Morgan fingerprint density at radius 2 is 2.20 bits per heavy atom. The first-order valence-corrected chi connectivity index (χ1v) is 4.56. The molecule has 3 nitrogen and oxygen atoms in total. The van der Waals surface area contributed by atoms with E-state index in [4.69, 9.17) is 10.5 Å². The van der Waals surface area contributed by atoms with E-state index in [-0.39, 0.29) is 5.82 Å². The normalized spacial score (nSPS) is 10.2. The Kier molecular flexibility index (Phi) is 2.58. The van der Waals surface area contributed by atoms with E-state index in [1.165, 1.54) is 18.2 Å². The zero-order valence-corrected chi connectivity index (χ0v) is 8.03. The molecule has 0 radical (unpaired) electrons. The lowest BCUT2D eigenvalue weighted by atomic mass is 10.3. The van der Waals surface area contributed by atoms with E-state index in [2.05, 4.69) is 4.98 Å². The molecule has 0 aliphatic rings. The van der Waals surface area contributed by atoms with Crippen LogP contribution < -0.4 is 10.5 Å². The van der Waals surface area contributed by atoms with Crippen molar-refractivity contribution >= 4 is 5.69 Å². The lowest BCUT2D eigenvalue weighted by Crippen LogP contribution is -1.99. The van der Waals surface area contributed by atoms with E-state index in [1.54, 1.807) is 6.20 Å². The molecule has 1 aromatic heterocycles. The second-order valence-corrected chi connectivity index (χ2v) is 3.17. The van der Waals surface area contributed by atoms with Gasteiger partial charge in [-0.05, 0) is 24.3 Å². The maximum Gasteiger partial charge on any atom is 0.145 e. The molecule has 78 valence electrons. The van der Waals surface area contributed by atoms with Crippen molar-refractivity contribution in [3.63, 3.8) is 0 Å². The molecular weight excluding hydrogens is 195 g/mol. The summed E-state index contributed by atoms with van der Waals surface area (Å²) in [5.41, 5.74) is 6.98. The van der Waals surface area contributed by atoms with Gasteiger partial charge < -0.3 is 15.5 Å². The average molecular weight is 206 g/mol. The maximum atomic E-state index is 12.9. The summed E-state index contributed by atoms with van der Waals surface area (Å²) in [5.74, 6) is 0.00952. The first-order valence-electron chi connectivity index (χ1n) is 4.56. The number of aromatic nitrogens is 1. The van der Waals surface area contributed by atoms with Crippen LogP contribution in [0.15, 0.2) is 36.5 Å². The molecule has 1 heterocycles. The Labute approximate surface area is 86.7 Å². The van der Waals surface area contributed by atoms with E-state index < -0.39 is 0 Å². The van der Waals surface area contributed by atoms with Crippen LogP contribution in [0.2, 0.25) is 0 Å². The number of aromatic amines is 1. The second kappa shape index (κ2) is 4.04. The van der Waals surface area contributed by atoms with Crippen molar-refractivity contribution in [1.29, 1.82) is 0 Å². The van der Waals surface area contributed by atoms with E-state index in [0.29, 0.717) is 18.0 Å².